The topological polar surface area (TPSA) is 50.7 Å². The van der Waals surface area contributed by atoms with Crippen LogP contribution < -0.4 is 5.32 Å². The van der Waals surface area contributed by atoms with Crippen molar-refractivity contribution in [3.05, 3.63) is 64.3 Å². The highest BCUT2D eigenvalue weighted by Crippen LogP contribution is 2.31. The quantitative estimate of drug-likeness (QED) is 0.322. The van der Waals surface area contributed by atoms with Gasteiger partial charge in [-0.25, -0.2) is 0 Å². The first-order valence-corrected chi connectivity index (χ1v) is 11.0. The second-order valence-corrected chi connectivity index (χ2v) is 5.86. The minimum atomic E-state index is -0.232. The number of carbonyl (C=O) groups excluding carboxylic acids is 1. The molecule has 4 heteroatoms. The molecule has 1 N–H and O–H groups in total. The molecule has 0 bridgehead atoms. The highest BCUT2D eigenvalue weighted by Gasteiger charge is 2.23. The molecule has 0 unspecified atom stereocenters. The van der Waals surface area contributed by atoms with Crippen molar-refractivity contribution in [3.63, 3.8) is 0 Å². The SMILES string of the molecule is CC.CC.CC.CNC(=O)/C(=N/OC)C1=C(/C=C\c2ccccc2)CC(C)=C(C)C1. The van der Waals surface area contributed by atoms with E-state index in [-0.39, 0.29) is 5.91 Å². The first-order valence-electron chi connectivity index (χ1n) is 11.0. The minimum Gasteiger partial charge on any atom is -0.398 e. The fourth-order valence-corrected chi connectivity index (χ4v) is 2.67. The first-order chi connectivity index (χ1) is 14.6. The monoisotopic (exact) mass is 414 g/mol. The molecule has 30 heavy (non-hydrogen) atoms. The summed E-state index contributed by atoms with van der Waals surface area (Å²) in [6.07, 6.45) is 5.66. The van der Waals surface area contributed by atoms with E-state index in [0.717, 1.165) is 23.1 Å². The summed E-state index contributed by atoms with van der Waals surface area (Å²) in [5.41, 5.74) is 6.10. The summed E-state index contributed by atoms with van der Waals surface area (Å²) in [5.74, 6) is -0.232. The minimum absolute atomic E-state index is 0.232. The number of nitrogens with one attached hydrogen (secondary N) is 1. The van der Waals surface area contributed by atoms with Gasteiger partial charge in [0.1, 0.15) is 7.11 Å². The Balaban J connectivity index is 0. The summed E-state index contributed by atoms with van der Waals surface area (Å²) in [4.78, 5) is 17.1. The Hall–Kier alpha value is -2.62. The number of hydrogen-bond acceptors (Lipinski definition) is 3. The summed E-state index contributed by atoms with van der Waals surface area (Å²) < 4.78 is 0. The average molecular weight is 415 g/mol. The van der Waals surface area contributed by atoms with Crippen LogP contribution >= 0.6 is 0 Å². The zero-order chi connectivity index (χ0) is 23.5. The van der Waals surface area contributed by atoms with E-state index in [0.29, 0.717) is 12.1 Å². The highest BCUT2D eigenvalue weighted by atomic mass is 16.6. The van der Waals surface area contributed by atoms with E-state index in [1.165, 1.54) is 18.3 Å². The van der Waals surface area contributed by atoms with E-state index in [4.69, 9.17) is 4.84 Å². The van der Waals surface area contributed by atoms with Crippen LogP contribution in [0.5, 0.6) is 0 Å². The van der Waals surface area contributed by atoms with Crippen LogP contribution in [0, 0.1) is 0 Å². The number of oxime groups is 1. The number of rotatable bonds is 5. The van der Waals surface area contributed by atoms with Crippen molar-refractivity contribution in [1.82, 2.24) is 5.32 Å². The second-order valence-electron chi connectivity index (χ2n) is 5.86. The van der Waals surface area contributed by atoms with Crippen LogP contribution in [0.25, 0.3) is 6.08 Å². The van der Waals surface area contributed by atoms with Gasteiger partial charge in [-0.1, -0.05) is 100 Å². The van der Waals surface area contributed by atoms with Gasteiger partial charge in [-0.05, 0) is 43.4 Å². The van der Waals surface area contributed by atoms with Crippen LogP contribution in [0.4, 0.5) is 0 Å². The van der Waals surface area contributed by atoms with Crippen molar-refractivity contribution >= 4 is 17.7 Å². The predicted molar refractivity (Wildman–Crippen MR) is 133 cm³/mol. The summed E-state index contributed by atoms with van der Waals surface area (Å²) >= 11 is 0. The van der Waals surface area contributed by atoms with Gasteiger partial charge in [0.25, 0.3) is 5.91 Å². The molecule has 0 saturated carbocycles. The maximum Gasteiger partial charge on any atom is 0.273 e. The maximum absolute atomic E-state index is 12.2. The third-order valence-electron chi connectivity index (χ3n) is 4.20. The molecule has 0 atom stereocenters. The Morgan fingerprint density at radius 1 is 0.933 bits per heavy atom. The normalized spacial score (nSPS) is 13.3. The van der Waals surface area contributed by atoms with Gasteiger partial charge in [-0.2, -0.15) is 0 Å². The Labute approximate surface area is 184 Å². The van der Waals surface area contributed by atoms with E-state index in [1.807, 2.05) is 59.7 Å². The van der Waals surface area contributed by atoms with Gasteiger partial charge in [0, 0.05) is 7.05 Å². The smallest absolute Gasteiger partial charge is 0.273 e. The van der Waals surface area contributed by atoms with E-state index < -0.39 is 0 Å². The number of benzene rings is 1. The Kier molecular flexibility index (Phi) is 18.2. The van der Waals surface area contributed by atoms with Crippen molar-refractivity contribution in [1.29, 1.82) is 0 Å². The van der Waals surface area contributed by atoms with Gasteiger partial charge < -0.3 is 10.2 Å². The van der Waals surface area contributed by atoms with E-state index in [1.54, 1.807) is 7.05 Å². The van der Waals surface area contributed by atoms with E-state index >= 15 is 0 Å². The lowest BCUT2D eigenvalue weighted by molar-refractivity contribution is -0.114. The van der Waals surface area contributed by atoms with Gasteiger partial charge in [-0.3, -0.25) is 4.79 Å². The molecule has 0 radical (unpaired) electrons. The molecule has 1 aromatic rings. The molecule has 168 valence electrons. The summed E-state index contributed by atoms with van der Waals surface area (Å²) in [6.45, 7) is 16.2. The Morgan fingerprint density at radius 2 is 1.47 bits per heavy atom. The van der Waals surface area contributed by atoms with Crippen LogP contribution in [0.1, 0.15) is 73.8 Å². The van der Waals surface area contributed by atoms with Crippen LogP contribution in [0.3, 0.4) is 0 Å². The molecule has 0 aromatic heterocycles. The number of carbonyl (C=O) groups is 1. The molecule has 1 aliphatic rings. The number of hydrogen-bond donors (Lipinski definition) is 1. The molecule has 0 aliphatic heterocycles. The summed E-state index contributed by atoms with van der Waals surface area (Å²) in [7, 11) is 3.06. The van der Waals surface area contributed by atoms with Gasteiger partial charge in [0.2, 0.25) is 0 Å². The second kappa shape index (κ2) is 18.4. The molecule has 1 aliphatic carbocycles. The zero-order valence-electron chi connectivity index (χ0n) is 20.7. The average Bonchev–Trinajstić information content (AvgIpc) is 2.82. The van der Waals surface area contributed by atoms with E-state index in [2.05, 4.69) is 48.6 Å². The van der Waals surface area contributed by atoms with E-state index in [9.17, 15) is 4.79 Å². The maximum atomic E-state index is 12.2. The van der Waals surface area contributed by atoms with Crippen molar-refractivity contribution in [3.8, 4) is 0 Å². The van der Waals surface area contributed by atoms with Crippen molar-refractivity contribution < 1.29 is 9.63 Å². The predicted octanol–water partition coefficient (Wildman–Crippen LogP) is 6.95. The van der Waals surface area contributed by atoms with Crippen molar-refractivity contribution in [2.75, 3.05) is 14.2 Å². The van der Waals surface area contributed by atoms with Crippen molar-refractivity contribution in [2.24, 2.45) is 5.16 Å². The molecule has 1 amide bonds. The molecule has 0 spiro atoms. The molecular weight excluding hydrogens is 372 g/mol. The lowest BCUT2D eigenvalue weighted by Gasteiger charge is -2.21. The van der Waals surface area contributed by atoms with Crippen molar-refractivity contribution in [2.45, 2.75) is 68.2 Å². The molecule has 2 rings (SSSR count). The Morgan fingerprint density at radius 3 is 1.97 bits per heavy atom. The lowest BCUT2D eigenvalue weighted by Crippen LogP contribution is -2.30. The van der Waals surface area contributed by atoms with Crippen LogP contribution in [-0.2, 0) is 9.63 Å². The molecule has 0 fully saturated rings. The first kappa shape index (κ1) is 29.6. The van der Waals surface area contributed by atoms with Crippen LogP contribution in [0.15, 0.2) is 63.9 Å². The van der Waals surface area contributed by atoms with Crippen LogP contribution in [-0.4, -0.2) is 25.8 Å². The molecule has 0 heterocycles. The highest BCUT2D eigenvalue weighted by molar-refractivity contribution is 6.45. The van der Waals surface area contributed by atoms with Gasteiger partial charge in [0.15, 0.2) is 5.71 Å². The molecule has 4 nitrogen and oxygen atoms in total. The fraction of sp³-hybridized carbons (Fsp3) is 0.462. The molecular formula is C26H42N2O2. The molecule has 0 saturated heterocycles. The third-order valence-corrected chi connectivity index (χ3v) is 4.20. The number of allylic oxidation sites excluding steroid dienone is 4. The summed E-state index contributed by atoms with van der Waals surface area (Å²) in [5, 5.41) is 6.62. The largest absolute Gasteiger partial charge is 0.398 e. The Bertz CT molecular complexity index is 727. The van der Waals surface area contributed by atoms with Gasteiger partial charge in [-0.15, -0.1) is 0 Å². The standard InChI is InChI=1S/C20H24N2O2.3C2H6/c1-14-12-17(11-10-16-8-6-5-7-9-16)18(13-15(14)2)19(22-24-4)20(23)21-3;3*1-2/h5-11H,12-13H2,1-4H3,(H,21,23);3*1-2H3/b11-10-,22-19+;;;. The van der Waals surface area contributed by atoms with Gasteiger partial charge >= 0.3 is 0 Å². The summed E-state index contributed by atoms with van der Waals surface area (Å²) in [6, 6.07) is 10.1. The fourth-order valence-electron chi connectivity index (χ4n) is 2.67. The lowest BCUT2D eigenvalue weighted by atomic mass is 9.84. The number of nitrogens with zero attached hydrogens (tertiary/aromatic N) is 1. The van der Waals surface area contributed by atoms with Gasteiger partial charge in [0.05, 0.1) is 0 Å². The van der Waals surface area contributed by atoms with Crippen LogP contribution in [0.2, 0.25) is 0 Å². The third kappa shape index (κ3) is 9.73. The number of amides is 1. The molecule has 1 aromatic carbocycles. The zero-order valence-corrected chi connectivity index (χ0v) is 20.7.